The number of imidazole rings is 1. The van der Waals surface area contributed by atoms with Crippen molar-refractivity contribution in [2.75, 3.05) is 31.1 Å². The van der Waals surface area contributed by atoms with Crippen molar-refractivity contribution in [2.45, 2.75) is 0 Å². The third-order valence-corrected chi connectivity index (χ3v) is 4.03. The molecule has 1 aliphatic rings. The summed E-state index contributed by atoms with van der Waals surface area (Å²) in [6, 6.07) is 0. The lowest BCUT2D eigenvalue weighted by molar-refractivity contribution is -0.659. The molecule has 0 bridgehead atoms. The smallest absolute Gasteiger partial charge is 0.341 e. The molecule has 8 heteroatoms. The van der Waals surface area contributed by atoms with E-state index in [1.807, 2.05) is 11.6 Å². The van der Waals surface area contributed by atoms with Crippen molar-refractivity contribution in [3.63, 3.8) is 0 Å². The van der Waals surface area contributed by atoms with E-state index in [1.54, 1.807) is 7.05 Å². The summed E-state index contributed by atoms with van der Waals surface area (Å²) in [4.78, 5) is 29.7. The second kappa shape index (κ2) is 4.48. The predicted molar refractivity (Wildman–Crippen MR) is 73.8 cm³/mol. The standard InChI is InChI=1S/C12H18N6O2/c1-15-8-9(16(2)12(20)17(3)10(8)19)14-11(15)18-6-4-13-5-7-18/h13H,4-7H2,1-3H3/p+2. The summed E-state index contributed by atoms with van der Waals surface area (Å²) in [6.07, 6.45) is 0. The fraction of sp³-hybridized carbons (Fsp3) is 0.583. The summed E-state index contributed by atoms with van der Waals surface area (Å²) in [5.41, 5.74) is 0.517. The molecule has 0 aliphatic carbocycles. The SMILES string of the molecule is Cn1c(=O)c2c([nH]c(N3CC[NH2+]CC3)[n+]2C)n(C)c1=O. The van der Waals surface area contributed by atoms with Crippen LogP contribution in [0.1, 0.15) is 0 Å². The van der Waals surface area contributed by atoms with Gasteiger partial charge >= 0.3 is 11.6 Å². The van der Waals surface area contributed by atoms with Gasteiger partial charge in [0.05, 0.1) is 7.05 Å². The van der Waals surface area contributed by atoms with Crippen molar-refractivity contribution in [3.05, 3.63) is 20.8 Å². The summed E-state index contributed by atoms with van der Waals surface area (Å²) in [6.45, 7) is 3.92. The topological polar surface area (TPSA) is 83.5 Å². The predicted octanol–water partition coefficient (Wildman–Crippen LogP) is -3.23. The van der Waals surface area contributed by atoms with E-state index in [1.165, 1.54) is 11.6 Å². The number of aromatic nitrogens is 4. The van der Waals surface area contributed by atoms with Gasteiger partial charge < -0.3 is 5.32 Å². The number of aromatic amines is 1. The Hall–Kier alpha value is -2.09. The van der Waals surface area contributed by atoms with E-state index in [0.717, 1.165) is 36.7 Å². The molecule has 1 aliphatic heterocycles. The summed E-state index contributed by atoms with van der Waals surface area (Å²) < 4.78 is 4.47. The van der Waals surface area contributed by atoms with Gasteiger partial charge in [-0.1, -0.05) is 0 Å². The minimum Gasteiger partial charge on any atom is -0.341 e. The number of nitrogens with zero attached hydrogens (tertiary/aromatic N) is 4. The quantitative estimate of drug-likeness (QED) is 0.539. The van der Waals surface area contributed by atoms with E-state index in [0.29, 0.717) is 11.2 Å². The highest BCUT2D eigenvalue weighted by atomic mass is 16.2. The number of rotatable bonds is 1. The highest BCUT2D eigenvalue weighted by Gasteiger charge is 2.28. The second-order valence-corrected chi connectivity index (χ2v) is 5.26. The Morgan fingerprint density at radius 3 is 2.45 bits per heavy atom. The summed E-state index contributed by atoms with van der Waals surface area (Å²) in [5, 5.41) is 2.27. The third kappa shape index (κ3) is 1.68. The summed E-state index contributed by atoms with van der Waals surface area (Å²) >= 11 is 0. The zero-order chi connectivity index (χ0) is 14.4. The van der Waals surface area contributed by atoms with E-state index in [-0.39, 0.29) is 11.2 Å². The van der Waals surface area contributed by atoms with Crippen LogP contribution in [0, 0.1) is 0 Å². The minimum atomic E-state index is -0.317. The normalized spacial score (nSPS) is 16.1. The molecule has 3 rings (SSSR count). The molecule has 20 heavy (non-hydrogen) atoms. The van der Waals surface area contributed by atoms with E-state index in [9.17, 15) is 9.59 Å². The zero-order valence-electron chi connectivity index (χ0n) is 12.0. The molecule has 0 atom stereocenters. The van der Waals surface area contributed by atoms with Gasteiger partial charge in [0.15, 0.2) is 0 Å². The van der Waals surface area contributed by atoms with Crippen LogP contribution in [0.15, 0.2) is 9.59 Å². The number of nitrogens with two attached hydrogens (primary N) is 1. The van der Waals surface area contributed by atoms with Crippen LogP contribution in [-0.4, -0.2) is 40.3 Å². The first kappa shape index (κ1) is 12.9. The molecular weight excluding hydrogens is 260 g/mol. The fourth-order valence-corrected chi connectivity index (χ4v) is 2.82. The van der Waals surface area contributed by atoms with Crippen molar-refractivity contribution >= 4 is 17.1 Å². The van der Waals surface area contributed by atoms with Gasteiger partial charge in [-0.3, -0.25) is 18.8 Å². The van der Waals surface area contributed by atoms with Crippen molar-refractivity contribution < 1.29 is 9.88 Å². The van der Waals surface area contributed by atoms with Gasteiger partial charge in [-0.25, -0.2) is 14.3 Å². The largest absolute Gasteiger partial charge is 0.359 e. The lowest BCUT2D eigenvalue weighted by Crippen LogP contribution is -2.90. The molecule has 2 aromatic rings. The second-order valence-electron chi connectivity index (χ2n) is 5.26. The maximum Gasteiger partial charge on any atom is 0.359 e. The Kier molecular flexibility index (Phi) is 2.89. The monoisotopic (exact) mass is 280 g/mol. The fourth-order valence-electron chi connectivity index (χ4n) is 2.82. The van der Waals surface area contributed by atoms with Crippen molar-refractivity contribution in [2.24, 2.45) is 21.1 Å². The van der Waals surface area contributed by atoms with Crippen LogP contribution in [0.25, 0.3) is 11.2 Å². The van der Waals surface area contributed by atoms with E-state index >= 15 is 0 Å². The number of quaternary nitrogens is 1. The number of H-pyrrole nitrogens is 1. The molecule has 0 radical (unpaired) electrons. The lowest BCUT2D eigenvalue weighted by atomic mass is 10.4. The van der Waals surface area contributed by atoms with Gasteiger partial charge in [0, 0.05) is 14.1 Å². The molecule has 0 spiro atoms. The number of piperazine rings is 1. The first-order valence-corrected chi connectivity index (χ1v) is 6.76. The number of aryl methyl sites for hydroxylation is 2. The van der Waals surface area contributed by atoms with E-state index in [2.05, 4.69) is 15.2 Å². The van der Waals surface area contributed by atoms with Gasteiger partial charge in [0.25, 0.3) is 5.56 Å². The van der Waals surface area contributed by atoms with E-state index < -0.39 is 0 Å². The number of fused-ring (bicyclic) bond motifs is 1. The van der Waals surface area contributed by atoms with Crippen LogP contribution in [0.3, 0.4) is 0 Å². The van der Waals surface area contributed by atoms with Crippen molar-refractivity contribution in [3.8, 4) is 0 Å². The van der Waals surface area contributed by atoms with Gasteiger partial charge in [0.1, 0.15) is 26.2 Å². The zero-order valence-corrected chi connectivity index (χ0v) is 12.0. The summed E-state index contributed by atoms with van der Waals surface area (Å²) in [5.74, 6) is 0.881. The molecule has 0 unspecified atom stereocenters. The van der Waals surface area contributed by atoms with Crippen LogP contribution >= 0.6 is 0 Å². The maximum absolute atomic E-state index is 12.3. The number of hydrogen-bond donors (Lipinski definition) is 2. The molecule has 0 aromatic carbocycles. The van der Waals surface area contributed by atoms with Crippen LogP contribution in [0.2, 0.25) is 0 Å². The molecule has 1 saturated heterocycles. The molecule has 0 saturated carbocycles. The third-order valence-electron chi connectivity index (χ3n) is 4.03. The molecule has 8 nitrogen and oxygen atoms in total. The molecule has 0 amide bonds. The van der Waals surface area contributed by atoms with Crippen LogP contribution in [-0.2, 0) is 21.1 Å². The molecule has 2 aromatic heterocycles. The molecular formula is C12H20N6O2+2. The summed E-state index contributed by atoms with van der Waals surface area (Å²) in [7, 11) is 5.04. The Morgan fingerprint density at radius 2 is 1.80 bits per heavy atom. The number of hydrogen-bond acceptors (Lipinski definition) is 3. The maximum atomic E-state index is 12.3. The first-order valence-electron chi connectivity index (χ1n) is 6.76. The number of anilines is 1. The highest BCUT2D eigenvalue weighted by Crippen LogP contribution is 2.10. The Bertz CT molecular complexity index is 778. The average Bonchev–Trinajstić information content (AvgIpc) is 2.81. The Labute approximate surface area is 115 Å². The van der Waals surface area contributed by atoms with Gasteiger partial charge in [-0.15, -0.1) is 0 Å². The molecule has 108 valence electrons. The van der Waals surface area contributed by atoms with Crippen molar-refractivity contribution in [1.29, 1.82) is 0 Å². The highest BCUT2D eigenvalue weighted by molar-refractivity contribution is 5.67. The number of nitrogens with one attached hydrogen (secondary N) is 1. The van der Waals surface area contributed by atoms with E-state index in [4.69, 9.17) is 0 Å². The Morgan fingerprint density at radius 1 is 1.15 bits per heavy atom. The van der Waals surface area contributed by atoms with Crippen LogP contribution in [0.4, 0.5) is 5.95 Å². The van der Waals surface area contributed by atoms with Gasteiger partial charge in [-0.05, 0) is 0 Å². The van der Waals surface area contributed by atoms with Crippen LogP contribution in [0.5, 0.6) is 0 Å². The molecule has 3 N–H and O–H groups in total. The lowest BCUT2D eigenvalue weighted by Gasteiger charge is -2.19. The molecule has 1 fully saturated rings. The van der Waals surface area contributed by atoms with Crippen molar-refractivity contribution in [1.82, 2.24) is 14.1 Å². The van der Waals surface area contributed by atoms with Gasteiger partial charge in [0.2, 0.25) is 11.2 Å². The molecule has 3 heterocycles. The van der Waals surface area contributed by atoms with Crippen LogP contribution < -0.4 is 26.0 Å². The minimum absolute atomic E-state index is 0.267. The first-order chi connectivity index (χ1) is 9.52. The average molecular weight is 280 g/mol. The Balaban J connectivity index is 2.29. The van der Waals surface area contributed by atoms with Gasteiger partial charge in [-0.2, -0.15) is 0 Å².